The van der Waals surface area contributed by atoms with Crippen molar-refractivity contribution < 1.29 is 4.79 Å². The van der Waals surface area contributed by atoms with Crippen LogP contribution in [0.3, 0.4) is 0 Å². The van der Waals surface area contributed by atoms with Crippen molar-refractivity contribution in [2.45, 2.75) is 45.4 Å². The number of para-hydroxylation sites is 1. The maximum Gasteiger partial charge on any atom is 0.224 e. The molecular weight excluding hydrogens is 248 g/mol. The van der Waals surface area contributed by atoms with Crippen LogP contribution in [0.15, 0.2) is 24.3 Å². The number of anilines is 1. The Morgan fingerprint density at radius 1 is 1.20 bits per heavy atom. The average Bonchev–Trinajstić information content (AvgIpc) is 2.46. The van der Waals surface area contributed by atoms with Crippen LogP contribution in [-0.4, -0.2) is 12.5 Å². The summed E-state index contributed by atoms with van der Waals surface area (Å²) in [6.07, 6.45) is 6.32. The summed E-state index contributed by atoms with van der Waals surface area (Å²) in [6.45, 7) is 2.51. The van der Waals surface area contributed by atoms with Crippen molar-refractivity contribution in [2.75, 3.05) is 11.9 Å². The summed E-state index contributed by atoms with van der Waals surface area (Å²) < 4.78 is 0. The summed E-state index contributed by atoms with van der Waals surface area (Å²) in [5.41, 5.74) is 6.96. The number of unbranched alkanes of at least 4 members (excludes halogenated alkanes) is 4. The quantitative estimate of drug-likeness (QED) is 0.591. The Morgan fingerprint density at radius 3 is 2.70 bits per heavy atom. The molecule has 0 saturated heterocycles. The van der Waals surface area contributed by atoms with Gasteiger partial charge in [-0.25, -0.2) is 0 Å². The Labute approximate surface area is 121 Å². The van der Waals surface area contributed by atoms with E-state index < -0.39 is 0 Å². The minimum absolute atomic E-state index is 0.0588. The van der Waals surface area contributed by atoms with Crippen LogP contribution in [0.5, 0.6) is 0 Å². The zero-order valence-electron chi connectivity index (χ0n) is 12.2. The number of hydrogen-bond donors (Lipinski definition) is 2. The summed E-state index contributed by atoms with van der Waals surface area (Å²) in [7, 11) is 0. The van der Waals surface area contributed by atoms with Crippen molar-refractivity contribution in [3.05, 3.63) is 29.8 Å². The van der Waals surface area contributed by atoms with E-state index in [2.05, 4.69) is 24.1 Å². The molecule has 3 nitrogen and oxygen atoms in total. The van der Waals surface area contributed by atoms with E-state index in [1.165, 1.54) is 19.3 Å². The van der Waals surface area contributed by atoms with Crippen LogP contribution in [0.25, 0.3) is 0 Å². The van der Waals surface area contributed by atoms with Crippen LogP contribution in [0.1, 0.15) is 51.0 Å². The van der Waals surface area contributed by atoms with Gasteiger partial charge in [0, 0.05) is 12.0 Å². The minimum atomic E-state index is 0.0588. The Hall–Kier alpha value is -1.79. The highest BCUT2D eigenvalue weighted by Crippen LogP contribution is 2.14. The topological polar surface area (TPSA) is 55.1 Å². The van der Waals surface area contributed by atoms with Crippen LogP contribution in [0, 0.1) is 11.8 Å². The molecule has 1 amide bonds. The number of benzene rings is 1. The number of amides is 1. The third-order valence-corrected chi connectivity index (χ3v) is 3.03. The zero-order valence-corrected chi connectivity index (χ0v) is 12.2. The molecule has 1 aromatic rings. The molecule has 0 heterocycles. The summed E-state index contributed by atoms with van der Waals surface area (Å²) >= 11 is 0. The molecule has 0 aliphatic rings. The molecule has 3 heteroatoms. The lowest BCUT2D eigenvalue weighted by atomic mass is 10.1. The highest BCUT2D eigenvalue weighted by atomic mass is 16.1. The van der Waals surface area contributed by atoms with Crippen LogP contribution >= 0.6 is 0 Å². The van der Waals surface area contributed by atoms with E-state index in [1.807, 2.05) is 24.3 Å². The lowest BCUT2D eigenvalue weighted by Gasteiger charge is -2.07. The largest absolute Gasteiger partial charge is 0.325 e. The van der Waals surface area contributed by atoms with Gasteiger partial charge in [0.05, 0.1) is 12.2 Å². The predicted octanol–water partition coefficient (Wildman–Crippen LogP) is 3.30. The van der Waals surface area contributed by atoms with Crippen molar-refractivity contribution in [2.24, 2.45) is 5.73 Å². The van der Waals surface area contributed by atoms with E-state index in [4.69, 9.17) is 5.73 Å². The van der Waals surface area contributed by atoms with Crippen molar-refractivity contribution in [3.8, 4) is 11.8 Å². The number of rotatable bonds is 7. The fraction of sp³-hybridized carbons (Fsp3) is 0.471. The first kappa shape index (κ1) is 16.3. The summed E-state index contributed by atoms with van der Waals surface area (Å²) in [4.78, 5) is 11.9. The molecule has 0 aliphatic heterocycles. The fourth-order valence-electron chi connectivity index (χ4n) is 1.95. The number of nitrogens with one attached hydrogen (secondary N) is 1. The van der Waals surface area contributed by atoms with Crippen molar-refractivity contribution in [1.82, 2.24) is 0 Å². The first-order valence-corrected chi connectivity index (χ1v) is 7.35. The van der Waals surface area contributed by atoms with E-state index in [0.29, 0.717) is 13.0 Å². The molecule has 0 atom stereocenters. The SMILES string of the molecule is CCCCCCCC(=O)Nc1ccccc1C#CCN. The molecule has 0 fully saturated rings. The van der Waals surface area contributed by atoms with Crippen LogP contribution < -0.4 is 11.1 Å². The van der Waals surface area contributed by atoms with Gasteiger partial charge in [-0.05, 0) is 18.6 Å². The normalized spacial score (nSPS) is 9.70. The molecular formula is C17H24N2O. The van der Waals surface area contributed by atoms with Crippen LogP contribution in [-0.2, 0) is 4.79 Å². The number of nitrogens with two attached hydrogens (primary N) is 1. The molecule has 3 N–H and O–H groups in total. The Balaban J connectivity index is 2.45. The third kappa shape index (κ3) is 6.40. The standard InChI is InChI=1S/C17H24N2O/c1-2-3-4-5-6-13-17(20)19-16-12-8-7-10-15(16)11-9-14-18/h7-8,10,12H,2-6,13-14,18H2,1H3,(H,19,20). The highest BCUT2D eigenvalue weighted by molar-refractivity contribution is 5.92. The van der Waals surface area contributed by atoms with Gasteiger partial charge in [0.1, 0.15) is 0 Å². The Bertz CT molecular complexity index is 471. The first-order valence-electron chi connectivity index (χ1n) is 7.35. The second kappa shape index (κ2) is 10.1. The van der Waals surface area contributed by atoms with Crippen molar-refractivity contribution in [1.29, 1.82) is 0 Å². The molecule has 20 heavy (non-hydrogen) atoms. The summed E-state index contributed by atoms with van der Waals surface area (Å²) in [5.74, 6) is 5.84. The lowest BCUT2D eigenvalue weighted by molar-refractivity contribution is -0.116. The van der Waals surface area contributed by atoms with Crippen LogP contribution in [0.4, 0.5) is 5.69 Å². The fourth-order valence-corrected chi connectivity index (χ4v) is 1.95. The van der Waals surface area contributed by atoms with E-state index in [-0.39, 0.29) is 5.91 Å². The maximum atomic E-state index is 11.9. The van der Waals surface area contributed by atoms with Crippen LogP contribution in [0.2, 0.25) is 0 Å². The monoisotopic (exact) mass is 272 g/mol. The molecule has 0 aromatic heterocycles. The Morgan fingerprint density at radius 2 is 1.95 bits per heavy atom. The average molecular weight is 272 g/mol. The van der Waals surface area contributed by atoms with E-state index in [9.17, 15) is 4.79 Å². The van der Waals surface area contributed by atoms with Crippen molar-refractivity contribution >= 4 is 11.6 Å². The molecule has 0 bridgehead atoms. The van der Waals surface area contributed by atoms with E-state index in [0.717, 1.165) is 24.1 Å². The highest BCUT2D eigenvalue weighted by Gasteiger charge is 2.04. The Kier molecular flexibility index (Phi) is 8.17. The molecule has 108 valence electrons. The van der Waals surface area contributed by atoms with Gasteiger partial charge in [0.25, 0.3) is 0 Å². The second-order valence-electron chi connectivity index (χ2n) is 4.76. The maximum absolute atomic E-state index is 11.9. The zero-order chi connectivity index (χ0) is 14.6. The van der Waals surface area contributed by atoms with Crippen molar-refractivity contribution in [3.63, 3.8) is 0 Å². The third-order valence-electron chi connectivity index (χ3n) is 3.03. The number of carbonyl (C=O) groups is 1. The smallest absolute Gasteiger partial charge is 0.224 e. The summed E-state index contributed by atoms with van der Waals surface area (Å²) in [6, 6.07) is 7.56. The van der Waals surface area contributed by atoms with Gasteiger partial charge < -0.3 is 11.1 Å². The van der Waals surface area contributed by atoms with Gasteiger partial charge in [-0.15, -0.1) is 0 Å². The molecule has 0 saturated carbocycles. The van der Waals surface area contributed by atoms with Gasteiger partial charge >= 0.3 is 0 Å². The summed E-state index contributed by atoms with van der Waals surface area (Å²) in [5, 5.41) is 2.93. The van der Waals surface area contributed by atoms with E-state index >= 15 is 0 Å². The molecule has 0 aliphatic carbocycles. The van der Waals surface area contributed by atoms with E-state index in [1.54, 1.807) is 0 Å². The van der Waals surface area contributed by atoms with Gasteiger partial charge in [0.2, 0.25) is 5.91 Å². The first-order chi connectivity index (χ1) is 9.77. The minimum Gasteiger partial charge on any atom is -0.325 e. The lowest BCUT2D eigenvalue weighted by Crippen LogP contribution is -2.12. The van der Waals surface area contributed by atoms with Gasteiger partial charge in [0.15, 0.2) is 0 Å². The molecule has 0 radical (unpaired) electrons. The number of carbonyl (C=O) groups excluding carboxylic acids is 1. The predicted molar refractivity (Wildman–Crippen MR) is 84.4 cm³/mol. The molecule has 1 rings (SSSR count). The van der Waals surface area contributed by atoms with Gasteiger partial charge in [-0.1, -0.05) is 56.6 Å². The molecule has 0 unspecified atom stereocenters. The van der Waals surface area contributed by atoms with Gasteiger partial charge in [-0.3, -0.25) is 4.79 Å². The molecule has 0 spiro atoms. The number of hydrogen-bond acceptors (Lipinski definition) is 2. The molecule has 1 aromatic carbocycles. The van der Waals surface area contributed by atoms with Gasteiger partial charge in [-0.2, -0.15) is 0 Å². The second-order valence-corrected chi connectivity index (χ2v) is 4.76.